The van der Waals surface area contributed by atoms with Crippen molar-refractivity contribution in [2.45, 2.75) is 19.5 Å². The van der Waals surface area contributed by atoms with Crippen molar-refractivity contribution in [1.29, 1.82) is 0 Å². The van der Waals surface area contributed by atoms with Gasteiger partial charge in [-0.2, -0.15) is 5.10 Å². The number of nitrogens with zero attached hydrogens (tertiary/aromatic N) is 3. The second kappa shape index (κ2) is 9.06. The number of halogens is 2. The molecule has 0 saturated heterocycles. The van der Waals surface area contributed by atoms with Crippen LogP contribution in [-0.2, 0) is 6.54 Å². The lowest BCUT2D eigenvalue weighted by molar-refractivity contribution is 0.0932. The summed E-state index contributed by atoms with van der Waals surface area (Å²) >= 11 is 0. The summed E-state index contributed by atoms with van der Waals surface area (Å²) in [5.41, 5.74) is 1.57. The molecule has 12 heteroatoms. The molecule has 0 aliphatic carbocycles. The normalized spacial score (nSPS) is 12.1. The molecule has 2 aromatic carbocycles. The van der Waals surface area contributed by atoms with E-state index in [1.807, 2.05) is 0 Å². The lowest BCUT2D eigenvalue weighted by Crippen LogP contribution is -2.30. The van der Waals surface area contributed by atoms with Crippen molar-refractivity contribution in [3.8, 4) is 0 Å². The summed E-state index contributed by atoms with van der Waals surface area (Å²) < 4.78 is 33.5. The lowest BCUT2D eigenvalue weighted by atomic mass is 10.1. The highest BCUT2D eigenvalue weighted by atomic mass is 19.1. The average Bonchev–Trinajstić information content (AvgIpc) is 3.43. The number of nitrogens with one attached hydrogen (secondary N) is 3. The summed E-state index contributed by atoms with van der Waals surface area (Å²) in [7, 11) is 0. The summed E-state index contributed by atoms with van der Waals surface area (Å²) in [6, 6.07) is 11.2. The van der Waals surface area contributed by atoms with Crippen LogP contribution in [-0.4, -0.2) is 31.4 Å². The first-order valence-electron chi connectivity index (χ1n) is 10.8. The summed E-state index contributed by atoms with van der Waals surface area (Å²) in [5, 5.41) is 9.25. The highest BCUT2D eigenvalue weighted by molar-refractivity contribution is 5.98. The molecule has 0 saturated carbocycles. The summed E-state index contributed by atoms with van der Waals surface area (Å²) in [6.07, 6.45) is 0.894. The van der Waals surface area contributed by atoms with Gasteiger partial charge in [0.15, 0.2) is 17.0 Å². The quantitative estimate of drug-likeness (QED) is 0.334. The van der Waals surface area contributed by atoms with E-state index in [0.717, 1.165) is 10.7 Å². The molecule has 36 heavy (non-hydrogen) atoms. The fourth-order valence-electron chi connectivity index (χ4n) is 3.70. The molecule has 182 valence electrons. The number of aromatic nitrogens is 4. The van der Waals surface area contributed by atoms with Gasteiger partial charge >= 0.3 is 5.76 Å². The maximum atomic E-state index is 14.3. The first-order chi connectivity index (χ1) is 17.3. The van der Waals surface area contributed by atoms with Gasteiger partial charge in [-0.15, -0.1) is 0 Å². The molecule has 0 aliphatic rings. The molecule has 0 bridgehead atoms. The Morgan fingerprint density at radius 1 is 1.11 bits per heavy atom. The van der Waals surface area contributed by atoms with Gasteiger partial charge < -0.3 is 15.1 Å². The maximum Gasteiger partial charge on any atom is 0.417 e. The zero-order valence-corrected chi connectivity index (χ0v) is 18.7. The van der Waals surface area contributed by atoms with Crippen molar-refractivity contribution >= 4 is 28.6 Å². The van der Waals surface area contributed by atoms with Gasteiger partial charge in [0.2, 0.25) is 0 Å². The van der Waals surface area contributed by atoms with Crippen LogP contribution in [0.5, 0.6) is 0 Å². The zero-order chi connectivity index (χ0) is 25.4. The molecule has 5 rings (SSSR count). The van der Waals surface area contributed by atoms with Gasteiger partial charge in [0.25, 0.3) is 11.8 Å². The number of rotatable bonds is 6. The molecule has 3 heterocycles. The van der Waals surface area contributed by atoms with Crippen molar-refractivity contribution in [3.63, 3.8) is 0 Å². The molecule has 5 aromatic rings. The van der Waals surface area contributed by atoms with Crippen LogP contribution in [0.2, 0.25) is 0 Å². The first kappa shape index (κ1) is 22.9. The summed E-state index contributed by atoms with van der Waals surface area (Å²) in [4.78, 5) is 43.8. The van der Waals surface area contributed by atoms with Crippen molar-refractivity contribution in [2.75, 3.05) is 0 Å². The van der Waals surface area contributed by atoms with Crippen LogP contribution < -0.4 is 16.4 Å². The van der Waals surface area contributed by atoms with E-state index in [2.05, 4.69) is 25.7 Å². The van der Waals surface area contributed by atoms with E-state index in [9.17, 15) is 23.2 Å². The van der Waals surface area contributed by atoms with Gasteiger partial charge in [-0.05, 0) is 42.3 Å². The molecule has 2 amide bonds. The standard InChI is InChI=1S/C24H18F2N6O4/c1-12(14-3-5-15(25)6-4-14)29-23(34)19-9-18(30-21-16(26)11-28-32(19)21)22(33)27-10-13-2-7-20-17(8-13)31-24(35)36-20/h2-9,11-12H,10H2,1H3,(H,27,33)(H,29,34)(H,31,35)/t12-/m0/s1. The Morgan fingerprint density at radius 2 is 1.89 bits per heavy atom. The fraction of sp³-hybridized carbons (Fsp3) is 0.125. The fourth-order valence-corrected chi connectivity index (χ4v) is 3.70. The highest BCUT2D eigenvalue weighted by Crippen LogP contribution is 2.17. The Kier molecular flexibility index (Phi) is 5.76. The smallest absolute Gasteiger partial charge is 0.408 e. The number of hydrogen-bond donors (Lipinski definition) is 3. The summed E-state index contributed by atoms with van der Waals surface area (Å²) in [6.45, 7) is 1.77. The minimum atomic E-state index is -0.806. The third-order valence-corrected chi connectivity index (χ3v) is 5.55. The highest BCUT2D eigenvalue weighted by Gasteiger charge is 2.21. The van der Waals surface area contributed by atoms with Gasteiger partial charge in [-0.25, -0.2) is 23.1 Å². The second-order valence-corrected chi connectivity index (χ2v) is 8.03. The van der Waals surface area contributed by atoms with E-state index < -0.39 is 35.2 Å². The van der Waals surface area contributed by atoms with Gasteiger partial charge in [0, 0.05) is 12.6 Å². The van der Waals surface area contributed by atoms with Crippen molar-refractivity contribution in [1.82, 2.24) is 30.2 Å². The SMILES string of the molecule is C[C@H](NC(=O)c1cc(C(=O)NCc2ccc3oc(=O)[nH]c3c2)nc2c(F)cnn12)c1ccc(F)cc1. The second-order valence-electron chi connectivity index (χ2n) is 8.03. The molecule has 0 radical (unpaired) electrons. The minimum absolute atomic E-state index is 0.0692. The van der Waals surface area contributed by atoms with Gasteiger partial charge in [-0.1, -0.05) is 18.2 Å². The monoisotopic (exact) mass is 492 g/mol. The third-order valence-electron chi connectivity index (χ3n) is 5.55. The average molecular weight is 492 g/mol. The third kappa shape index (κ3) is 4.43. The van der Waals surface area contributed by atoms with E-state index in [-0.39, 0.29) is 23.6 Å². The van der Waals surface area contributed by atoms with Crippen molar-refractivity contribution in [2.24, 2.45) is 0 Å². The van der Waals surface area contributed by atoms with Crippen molar-refractivity contribution in [3.05, 3.63) is 99.4 Å². The molecular formula is C24H18F2N6O4. The molecule has 10 nitrogen and oxygen atoms in total. The molecule has 3 aromatic heterocycles. The molecule has 0 spiro atoms. The summed E-state index contributed by atoms with van der Waals surface area (Å²) in [5.74, 6) is -3.09. The number of oxazole rings is 1. The van der Waals surface area contributed by atoms with Crippen LogP contribution >= 0.6 is 0 Å². The van der Waals surface area contributed by atoms with E-state index in [4.69, 9.17) is 4.42 Å². The van der Waals surface area contributed by atoms with E-state index in [1.165, 1.54) is 30.3 Å². The number of benzene rings is 2. The molecule has 0 aliphatic heterocycles. The lowest BCUT2D eigenvalue weighted by Gasteiger charge is -2.15. The van der Waals surface area contributed by atoms with Crippen LogP contribution in [0, 0.1) is 11.6 Å². The number of amides is 2. The van der Waals surface area contributed by atoms with Gasteiger partial charge in [0.05, 0.1) is 17.8 Å². The Morgan fingerprint density at radius 3 is 2.67 bits per heavy atom. The molecule has 3 N–H and O–H groups in total. The van der Waals surface area contributed by atoms with Gasteiger partial charge in [0.1, 0.15) is 17.2 Å². The number of carbonyl (C=O) groups excluding carboxylic acids is 2. The largest absolute Gasteiger partial charge is 0.417 e. The molecular weight excluding hydrogens is 474 g/mol. The Labute approximate surface area is 201 Å². The van der Waals surface area contributed by atoms with Crippen LogP contribution in [0.25, 0.3) is 16.7 Å². The zero-order valence-electron chi connectivity index (χ0n) is 18.7. The van der Waals surface area contributed by atoms with E-state index >= 15 is 0 Å². The maximum absolute atomic E-state index is 14.3. The number of fused-ring (bicyclic) bond motifs is 2. The Hall–Kier alpha value is -4.87. The number of H-pyrrole nitrogens is 1. The molecule has 0 unspecified atom stereocenters. The van der Waals surface area contributed by atoms with Crippen LogP contribution in [0.3, 0.4) is 0 Å². The molecule has 0 fully saturated rings. The van der Waals surface area contributed by atoms with E-state index in [0.29, 0.717) is 22.2 Å². The number of carbonyl (C=O) groups is 2. The predicted molar refractivity (Wildman–Crippen MR) is 123 cm³/mol. The Balaban J connectivity index is 1.38. The Bertz CT molecular complexity index is 1670. The number of aromatic amines is 1. The van der Waals surface area contributed by atoms with Crippen LogP contribution in [0.1, 0.15) is 45.1 Å². The minimum Gasteiger partial charge on any atom is -0.408 e. The first-order valence-corrected chi connectivity index (χ1v) is 10.8. The van der Waals surface area contributed by atoms with Gasteiger partial charge in [-0.3, -0.25) is 14.6 Å². The van der Waals surface area contributed by atoms with E-state index in [1.54, 1.807) is 25.1 Å². The number of hydrogen-bond acceptors (Lipinski definition) is 6. The van der Waals surface area contributed by atoms with Crippen molar-refractivity contribution < 1.29 is 22.8 Å². The predicted octanol–water partition coefficient (Wildman–Crippen LogP) is 2.86. The molecule has 1 atom stereocenters. The van der Waals surface area contributed by atoms with Crippen LogP contribution in [0.15, 0.2) is 63.9 Å². The topological polar surface area (TPSA) is 134 Å². The van der Waals surface area contributed by atoms with Crippen LogP contribution in [0.4, 0.5) is 8.78 Å².